The van der Waals surface area contributed by atoms with Crippen molar-refractivity contribution in [2.24, 2.45) is 4.99 Å². The smallest absolute Gasteiger partial charge is 0.356 e. The molecular weight excluding hydrogens is 338 g/mol. The number of hydrogen-bond acceptors (Lipinski definition) is 3. The Morgan fingerprint density at radius 3 is 2.72 bits per heavy atom. The zero-order chi connectivity index (χ0) is 17.4. The van der Waals surface area contributed by atoms with Gasteiger partial charge in [0, 0.05) is 17.0 Å². The summed E-state index contributed by atoms with van der Waals surface area (Å²) in [6, 6.07) is 15.7. The molecule has 0 aliphatic carbocycles. The maximum absolute atomic E-state index is 11.5. The van der Waals surface area contributed by atoms with Gasteiger partial charge in [0.15, 0.2) is 5.69 Å². The Morgan fingerprint density at radius 2 is 2.00 bits per heavy atom. The molecule has 1 aliphatic heterocycles. The summed E-state index contributed by atoms with van der Waals surface area (Å²) in [4.78, 5) is 20.2. The third-order valence-corrected chi connectivity index (χ3v) is 4.54. The summed E-state index contributed by atoms with van der Waals surface area (Å²) in [5.41, 5.74) is 5.14. The average molecular weight is 352 g/mol. The van der Waals surface area contributed by atoms with Gasteiger partial charge < -0.3 is 5.11 Å². The minimum Gasteiger partial charge on any atom is -0.476 e. The molecule has 124 valence electrons. The van der Waals surface area contributed by atoms with Gasteiger partial charge in [-0.05, 0) is 17.7 Å². The lowest BCUT2D eigenvalue weighted by atomic mass is 9.99. The number of imidazole rings is 1. The lowest BCUT2D eigenvalue weighted by Gasteiger charge is -2.13. The second-order valence-electron chi connectivity index (χ2n) is 5.73. The van der Waals surface area contributed by atoms with E-state index in [-0.39, 0.29) is 12.2 Å². The number of nitrogens with zero attached hydrogens (tertiary/aromatic N) is 3. The molecule has 2 aromatic carbocycles. The topological polar surface area (TPSA) is 67.5 Å². The molecule has 0 saturated heterocycles. The quantitative estimate of drug-likeness (QED) is 0.732. The second kappa shape index (κ2) is 6.18. The van der Waals surface area contributed by atoms with Gasteiger partial charge in [0.25, 0.3) is 0 Å². The van der Waals surface area contributed by atoms with Crippen molar-refractivity contribution in [3.63, 3.8) is 0 Å². The number of alkyl halides is 1. The summed E-state index contributed by atoms with van der Waals surface area (Å²) in [5, 5.41) is 9.39. The summed E-state index contributed by atoms with van der Waals surface area (Å²) < 4.78 is 1.80. The predicted octanol–water partition coefficient (Wildman–Crippen LogP) is 3.66. The number of carboxylic acid groups (broad SMARTS) is 1. The summed E-state index contributed by atoms with van der Waals surface area (Å²) in [6.45, 7) is 0.247. The number of aliphatic imine (C=N–C) groups is 1. The van der Waals surface area contributed by atoms with Crippen LogP contribution < -0.4 is 0 Å². The highest BCUT2D eigenvalue weighted by Gasteiger charge is 2.24. The van der Waals surface area contributed by atoms with Crippen LogP contribution in [0.3, 0.4) is 0 Å². The van der Waals surface area contributed by atoms with Crippen molar-refractivity contribution >= 4 is 23.3 Å². The van der Waals surface area contributed by atoms with Crippen LogP contribution in [0.4, 0.5) is 0 Å². The van der Waals surface area contributed by atoms with Gasteiger partial charge in [-0.2, -0.15) is 0 Å². The van der Waals surface area contributed by atoms with Gasteiger partial charge in [-0.15, -0.1) is 11.6 Å². The Kier molecular flexibility index (Phi) is 3.86. The first kappa shape index (κ1) is 15.6. The molecule has 6 heteroatoms. The van der Waals surface area contributed by atoms with Crippen LogP contribution in [0.1, 0.15) is 32.9 Å². The van der Waals surface area contributed by atoms with Crippen molar-refractivity contribution in [1.29, 1.82) is 0 Å². The number of carbonyl (C=O) groups is 1. The van der Waals surface area contributed by atoms with Crippen molar-refractivity contribution < 1.29 is 9.90 Å². The van der Waals surface area contributed by atoms with E-state index in [2.05, 4.69) is 4.98 Å². The highest BCUT2D eigenvalue weighted by atomic mass is 35.5. The maximum Gasteiger partial charge on any atom is 0.356 e. The first-order valence-corrected chi connectivity index (χ1v) is 8.31. The first-order chi connectivity index (χ1) is 12.2. The van der Waals surface area contributed by atoms with E-state index in [1.54, 1.807) is 10.9 Å². The number of carboxylic acids is 1. The molecule has 5 nitrogen and oxygen atoms in total. The van der Waals surface area contributed by atoms with Crippen molar-refractivity contribution in [1.82, 2.24) is 9.55 Å². The Morgan fingerprint density at radius 1 is 1.20 bits per heavy atom. The van der Waals surface area contributed by atoms with Crippen LogP contribution in [0.5, 0.6) is 0 Å². The third-order valence-electron chi connectivity index (χ3n) is 4.23. The Balaban J connectivity index is 1.99. The van der Waals surface area contributed by atoms with Crippen LogP contribution in [0.25, 0.3) is 5.69 Å². The van der Waals surface area contributed by atoms with E-state index < -0.39 is 5.97 Å². The molecule has 0 unspecified atom stereocenters. The molecule has 0 amide bonds. The SMILES string of the molecule is O=C(O)c1ncn2c1CN=C(c1ccccc1)c1cc(CCl)ccc1-2. The van der Waals surface area contributed by atoms with E-state index in [0.717, 1.165) is 28.1 Å². The van der Waals surface area contributed by atoms with Crippen molar-refractivity contribution in [3.05, 3.63) is 82.9 Å². The second-order valence-corrected chi connectivity index (χ2v) is 6.00. The number of halogens is 1. The van der Waals surface area contributed by atoms with Gasteiger partial charge in [0.05, 0.1) is 23.6 Å². The molecule has 25 heavy (non-hydrogen) atoms. The lowest BCUT2D eigenvalue weighted by molar-refractivity contribution is 0.0689. The highest BCUT2D eigenvalue weighted by molar-refractivity contribution is 6.18. The standard InChI is InChI=1S/C19H14ClN3O2/c20-9-12-6-7-15-14(8-12)17(13-4-2-1-3-5-13)21-10-16-18(19(24)25)22-11-23(15)16/h1-8,11H,9-10H2,(H,24,25). The fourth-order valence-corrected chi connectivity index (χ4v) is 3.23. The Hall–Kier alpha value is -2.92. The van der Waals surface area contributed by atoms with Gasteiger partial charge in [-0.1, -0.05) is 36.4 Å². The highest BCUT2D eigenvalue weighted by Crippen LogP contribution is 2.28. The van der Waals surface area contributed by atoms with E-state index in [4.69, 9.17) is 16.6 Å². The van der Waals surface area contributed by atoms with Gasteiger partial charge >= 0.3 is 5.97 Å². The van der Waals surface area contributed by atoms with E-state index in [9.17, 15) is 9.90 Å². The van der Waals surface area contributed by atoms with Crippen LogP contribution in [0.15, 0.2) is 59.9 Å². The van der Waals surface area contributed by atoms with Gasteiger partial charge in [0.2, 0.25) is 0 Å². The average Bonchev–Trinajstić information content (AvgIpc) is 3.00. The molecule has 0 spiro atoms. The fraction of sp³-hybridized carbons (Fsp3) is 0.105. The molecule has 0 saturated carbocycles. The first-order valence-electron chi connectivity index (χ1n) is 7.78. The zero-order valence-electron chi connectivity index (χ0n) is 13.2. The van der Waals surface area contributed by atoms with Crippen LogP contribution in [-0.4, -0.2) is 26.3 Å². The molecular formula is C19H14ClN3O2. The summed E-state index contributed by atoms with van der Waals surface area (Å²) in [6.07, 6.45) is 1.54. The summed E-state index contributed by atoms with van der Waals surface area (Å²) >= 11 is 6.01. The summed E-state index contributed by atoms with van der Waals surface area (Å²) in [5.74, 6) is -0.655. The molecule has 1 N–H and O–H groups in total. The molecule has 0 atom stereocenters. The van der Waals surface area contributed by atoms with Gasteiger partial charge in [-0.3, -0.25) is 9.56 Å². The lowest BCUT2D eigenvalue weighted by Crippen LogP contribution is -2.07. The number of aromatic carboxylic acids is 1. The van der Waals surface area contributed by atoms with E-state index >= 15 is 0 Å². The minimum absolute atomic E-state index is 0.0328. The van der Waals surface area contributed by atoms with Crippen LogP contribution in [-0.2, 0) is 12.4 Å². The third kappa shape index (κ3) is 2.62. The van der Waals surface area contributed by atoms with E-state index in [1.807, 2.05) is 48.5 Å². The molecule has 0 bridgehead atoms. The molecule has 2 heterocycles. The fourth-order valence-electron chi connectivity index (χ4n) is 3.06. The number of benzene rings is 2. The van der Waals surface area contributed by atoms with Crippen LogP contribution in [0, 0.1) is 0 Å². The minimum atomic E-state index is -1.05. The molecule has 3 aromatic rings. The molecule has 4 rings (SSSR count). The predicted molar refractivity (Wildman–Crippen MR) is 95.9 cm³/mol. The monoisotopic (exact) mass is 351 g/mol. The number of fused-ring (bicyclic) bond motifs is 3. The van der Waals surface area contributed by atoms with E-state index in [0.29, 0.717) is 11.6 Å². The van der Waals surface area contributed by atoms with Crippen molar-refractivity contribution in [3.8, 4) is 5.69 Å². The molecule has 0 radical (unpaired) electrons. The number of hydrogen-bond donors (Lipinski definition) is 1. The van der Waals surface area contributed by atoms with Crippen molar-refractivity contribution in [2.45, 2.75) is 12.4 Å². The zero-order valence-corrected chi connectivity index (χ0v) is 13.9. The molecule has 1 aromatic heterocycles. The van der Waals surface area contributed by atoms with E-state index in [1.165, 1.54) is 0 Å². The van der Waals surface area contributed by atoms with Crippen LogP contribution in [0.2, 0.25) is 0 Å². The maximum atomic E-state index is 11.5. The van der Waals surface area contributed by atoms with Gasteiger partial charge in [0.1, 0.15) is 6.33 Å². The Labute approximate surface area is 149 Å². The molecule has 1 aliphatic rings. The van der Waals surface area contributed by atoms with Gasteiger partial charge in [-0.25, -0.2) is 9.78 Å². The normalized spacial score (nSPS) is 12.8. The Bertz CT molecular complexity index is 993. The summed E-state index contributed by atoms with van der Waals surface area (Å²) in [7, 11) is 0. The number of aromatic nitrogens is 2. The largest absolute Gasteiger partial charge is 0.476 e. The molecule has 0 fully saturated rings. The van der Waals surface area contributed by atoms with Crippen LogP contribution >= 0.6 is 11.6 Å². The van der Waals surface area contributed by atoms with Crippen molar-refractivity contribution in [2.75, 3.05) is 0 Å². The number of rotatable bonds is 3.